The lowest BCUT2D eigenvalue weighted by Crippen LogP contribution is -2.61. The number of guanidine groups is 1. The highest BCUT2D eigenvalue weighted by atomic mass is 16.5. The average Bonchev–Trinajstić information content (AvgIpc) is 2.99. The van der Waals surface area contributed by atoms with Crippen molar-refractivity contribution < 1.29 is 49.2 Å². The van der Waals surface area contributed by atoms with E-state index in [1.54, 1.807) is 0 Å². The van der Waals surface area contributed by atoms with Crippen LogP contribution in [-0.2, 0) is 33.6 Å². The van der Waals surface area contributed by atoms with E-state index in [-0.39, 0.29) is 96.3 Å². The van der Waals surface area contributed by atoms with Gasteiger partial charge in [-0.25, -0.2) is 15.2 Å². The summed E-state index contributed by atoms with van der Waals surface area (Å²) in [6, 6.07) is -4.15. The maximum atomic E-state index is 13.1. The SMILES string of the molecule is CC(=O)NC(CCCN(O)C=O)C(=O)NC(CCCN=C(N)N)C(=O)N(O)CCCC1NC(=O)C(CCCN(O)C=O)NC1=O. The number of carbonyl (C=O) groups is 7. The molecule has 1 fully saturated rings. The van der Waals surface area contributed by atoms with Crippen LogP contribution in [0.5, 0.6) is 0 Å². The van der Waals surface area contributed by atoms with Gasteiger partial charge in [0.25, 0.3) is 5.91 Å². The van der Waals surface area contributed by atoms with Crippen LogP contribution in [0.1, 0.15) is 58.3 Å². The van der Waals surface area contributed by atoms with Gasteiger partial charge in [0.2, 0.25) is 36.4 Å². The molecular formula is C25H44N10O10. The Kier molecular flexibility index (Phi) is 17.4. The highest BCUT2D eigenvalue weighted by molar-refractivity contribution is 5.97. The monoisotopic (exact) mass is 644 g/mol. The molecule has 0 aliphatic carbocycles. The van der Waals surface area contributed by atoms with E-state index >= 15 is 0 Å². The lowest BCUT2D eigenvalue weighted by Gasteiger charge is -2.30. The molecule has 1 aliphatic heterocycles. The molecule has 20 nitrogen and oxygen atoms in total. The zero-order valence-electron chi connectivity index (χ0n) is 25.1. The zero-order valence-corrected chi connectivity index (χ0v) is 25.1. The fourth-order valence-corrected chi connectivity index (χ4v) is 4.39. The molecule has 254 valence electrons. The molecule has 20 heteroatoms. The first kappa shape index (κ1) is 38.5. The van der Waals surface area contributed by atoms with Gasteiger partial charge < -0.3 is 32.7 Å². The number of nitrogens with two attached hydrogens (primary N) is 2. The molecule has 0 saturated carbocycles. The molecule has 1 heterocycles. The van der Waals surface area contributed by atoms with Crippen LogP contribution in [0.25, 0.3) is 0 Å². The van der Waals surface area contributed by atoms with E-state index in [1.165, 1.54) is 6.92 Å². The molecule has 7 amide bonds. The summed E-state index contributed by atoms with van der Waals surface area (Å²) < 4.78 is 0. The first-order valence-electron chi connectivity index (χ1n) is 14.3. The Hall–Kier alpha value is -4.56. The van der Waals surface area contributed by atoms with Crippen molar-refractivity contribution in [2.75, 3.05) is 26.2 Å². The summed E-state index contributed by atoms with van der Waals surface area (Å²) in [7, 11) is 0. The van der Waals surface area contributed by atoms with Gasteiger partial charge in [-0.2, -0.15) is 0 Å². The molecule has 0 spiro atoms. The summed E-state index contributed by atoms with van der Waals surface area (Å²) in [5.41, 5.74) is 10.6. The van der Waals surface area contributed by atoms with Crippen molar-refractivity contribution in [3.8, 4) is 0 Å². The van der Waals surface area contributed by atoms with Crippen LogP contribution in [0.4, 0.5) is 0 Å². The second-order valence-electron chi connectivity index (χ2n) is 10.3. The van der Waals surface area contributed by atoms with Gasteiger partial charge in [-0.05, 0) is 51.4 Å². The minimum absolute atomic E-state index is 0.00410. The third kappa shape index (κ3) is 15.1. The standard InChI is InChI=1S/C25H44N10O10/c1-16(38)29-17(7-3-11-33(43)14-36)21(39)32-20(6-2-10-28-25(26)27)24(42)35(45)13-5-9-19-23(41)30-18(22(40)31-19)8-4-12-34(44)15-37/h14-15,17-20,43-45H,2-13H2,1H3,(H,29,38)(H,30,41)(H,31,40)(H,32,39)(H4,26,27,28). The molecule has 4 unspecified atom stereocenters. The van der Waals surface area contributed by atoms with Gasteiger partial charge in [0, 0.05) is 33.1 Å². The number of amides is 7. The quantitative estimate of drug-likeness (QED) is 0.0137. The van der Waals surface area contributed by atoms with E-state index in [0.29, 0.717) is 15.2 Å². The van der Waals surface area contributed by atoms with Gasteiger partial charge >= 0.3 is 0 Å². The zero-order chi connectivity index (χ0) is 33.9. The van der Waals surface area contributed by atoms with E-state index in [2.05, 4.69) is 26.3 Å². The molecular weight excluding hydrogens is 600 g/mol. The van der Waals surface area contributed by atoms with Crippen molar-refractivity contribution in [2.45, 2.75) is 82.5 Å². The topological polar surface area (TPSA) is 302 Å². The summed E-state index contributed by atoms with van der Waals surface area (Å²) >= 11 is 0. The largest absolute Gasteiger partial charge is 0.370 e. The summed E-state index contributed by atoms with van der Waals surface area (Å²) in [5.74, 6) is -3.28. The van der Waals surface area contributed by atoms with E-state index < -0.39 is 53.7 Å². The molecule has 11 N–H and O–H groups in total. The third-order valence-corrected chi connectivity index (χ3v) is 6.64. The Labute approximate surface area is 259 Å². The molecule has 0 bridgehead atoms. The number of aliphatic imine (C=N–C) groups is 1. The summed E-state index contributed by atoms with van der Waals surface area (Å²) in [6.45, 7) is 0.926. The van der Waals surface area contributed by atoms with E-state index in [1.807, 2.05) is 0 Å². The molecule has 0 aromatic heterocycles. The maximum Gasteiger partial charge on any atom is 0.268 e. The van der Waals surface area contributed by atoms with Crippen LogP contribution in [0, 0.1) is 0 Å². The normalized spacial score (nSPS) is 17.1. The first-order chi connectivity index (χ1) is 21.3. The Morgan fingerprint density at radius 1 is 0.844 bits per heavy atom. The number of hydroxylamine groups is 6. The Morgan fingerprint density at radius 2 is 1.36 bits per heavy atom. The number of piperazine rings is 1. The van der Waals surface area contributed by atoms with Gasteiger partial charge in [-0.1, -0.05) is 0 Å². The maximum absolute atomic E-state index is 13.1. The number of nitrogens with zero attached hydrogens (tertiary/aromatic N) is 4. The number of nitrogens with one attached hydrogen (secondary N) is 4. The predicted octanol–water partition coefficient (Wildman–Crippen LogP) is -3.73. The highest BCUT2D eigenvalue weighted by Gasteiger charge is 2.34. The van der Waals surface area contributed by atoms with Gasteiger partial charge in [0.05, 0.1) is 0 Å². The minimum Gasteiger partial charge on any atom is -0.370 e. The van der Waals surface area contributed by atoms with Crippen LogP contribution in [0.3, 0.4) is 0 Å². The lowest BCUT2D eigenvalue weighted by molar-refractivity contribution is -0.169. The molecule has 1 rings (SSSR count). The molecule has 0 aromatic rings. The van der Waals surface area contributed by atoms with Crippen molar-refractivity contribution in [3.05, 3.63) is 0 Å². The van der Waals surface area contributed by atoms with Crippen LogP contribution in [0.15, 0.2) is 4.99 Å². The van der Waals surface area contributed by atoms with Gasteiger partial charge in [0.1, 0.15) is 24.2 Å². The van der Waals surface area contributed by atoms with Crippen molar-refractivity contribution in [2.24, 2.45) is 16.5 Å². The Balaban J connectivity index is 2.78. The Bertz CT molecular complexity index is 1060. The summed E-state index contributed by atoms with van der Waals surface area (Å²) in [6.07, 6.45) is 1.39. The van der Waals surface area contributed by atoms with Crippen LogP contribution in [-0.4, -0.2) is 129 Å². The number of carbonyl (C=O) groups excluding carboxylic acids is 7. The number of hydrogen-bond donors (Lipinski definition) is 9. The van der Waals surface area contributed by atoms with Gasteiger partial charge in [0.15, 0.2) is 5.96 Å². The van der Waals surface area contributed by atoms with Crippen LogP contribution >= 0.6 is 0 Å². The van der Waals surface area contributed by atoms with Gasteiger partial charge in [-0.3, -0.25) is 54.2 Å². The molecule has 0 aromatic carbocycles. The van der Waals surface area contributed by atoms with Gasteiger partial charge in [-0.15, -0.1) is 0 Å². The molecule has 1 aliphatic rings. The second-order valence-corrected chi connectivity index (χ2v) is 10.3. The second kappa shape index (κ2) is 20.4. The van der Waals surface area contributed by atoms with Crippen LogP contribution in [0.2, 0.25) is 0 Å². The molecule has 4 atom stereocenters. The summed E-state index contributed by atoms with van der Waals surface area (Å²) in [5, 5.41) is 40.2. The van der Waals surface area contributed by atoms with E-state index in [0.717, 1.165) is 0 Å². The number of rotatable bonds is 22. The van der Waals surface area contributed by atoms with Crippen LogP contribution < -0.4 is 32.7 Å². The minimum atomic E-state index is -1.26. The highest BCUT2D eigenvalue weighted by Crippen LogP contribution is 2.11. The Morgan fingerprint density at radius 3 is 1.87 bits per heavy atom. The first-order valence-corrected chi connectivity index (χ1v) is 14.3. The fraction of sp³-hybridized carbons (Fsp3) is 0.680. The van der Waals surface area contributed by atoms with Crippen molar-refractivity contribution >= 4 is 48.3 Å². The summed E-state index contributed by atoms with van der Waals surface area (Å²) in [4.78, 5) is 87.6. The molecule has 45 heavy (non-hydrogen) atoms. The predicted molar refractivity (Wildman–Crippen MR) is 154 cm³/mol. The lowest BCUT2D eigenvalue weighted by atomic mass is 10.0. The smallest absolute Gasteiger partial charge is 0.268 e. The van der Waals surface area contributed by atoms with E-state index in [4.69, 9.17) is 16.7 Å². The fourth-order valence-electron chi connectivity index (χ4n) is 4.39. The van der Waals surface area contributed by atoms with Crippen molar-refractivity contribution in [3.63, 3.8) is 0 Å². The average molecular weight is 645 g/mol. The van der Waals surface area contributed by atoms with Crippen molar-refractivity contribution in [1.29, 1.82) is 0 Å². The van der Waals surface area contributed by atoms with E-state index in [9.17, 15) is 44.0 Å². The molecule has 0 radical (unpaired) electrons. The van der Waals surface area contributed by atoms with Crippen molar-refractivity contribution in [1.82, 2.24) is 36.5 Å². The number of hydrogen-bond acceptors (Lipinski definition) is 11. The molecule has 1 saturated heterocycles. The third-order valence-electron chi connectivity index (χ3n) is 6.64.